The molecule has 0 heterocycles. The zero-order valence-electron chi connectivity index (χ0n) is 10.1. The summed E-state index contributed by atoms with van der Waals surface area (Å²) < 4.78 is 5.65. The Balaban J connectivity index is 1.67. The molecule has 2 heteroatoms. The first kappa shape index (κ1) is 10.4. The zero-order valence-corrected chi connectivity index (χ0v) is 10.1. The number of esters is 1. The lowest BCUT2D eigenvalue weighted by Crippen LogP contribution is -2.33. The van der Waals surface area contributed by atoms with Crippen LogP contribution in [0.5, 0.6) is 0 Å². The molecule has 5 atom stereocenters. The molecule has 0 N–H and O–H groups in total. The molecule has 0 aliphatic heterocycles. The monoisotopic (exact) mass is 220 g/mol. The molecule has 2 saturated carbocycles. The maximum absolute atomic E-state index is 11.6. The minimum absolute atomic E-state index is 0.0108. The van der Waals surface area contributed by atoms with E-state index in [2.05, 4.69) is 12.2 Å². The van der Waals surface area contributed by atoms with Crippen LogP contribution in [0, 0.1) is 29.6 Å². The van der Waals surface area contributed by atoms with E-state index in [1.807, 2.05) is 13.8 Å². The van der Waals surface area contributed by atoms with Gasteiger partial charge in [0.1, 0.15) is 6.10 Å². The van der Waals surface area contributed by atoms with Crippen molar-refractivity contribution >= 4 is 5.97 Å². The highest BCUT2D eigenvalue weighted by molar-refractivity contribution is 5.71. The Morgan fingerprint density at radius 2 is 2.12 bits per heavy atom. The molecule has 0 amide bonds. The molecule has 2 fully saturated rings. The summed E-state index contributed by atoms with van der Waals surface area (Å²) in [6.07, 6.45) is 8.55. The number of carbonyl (C=O) groups is 1. The molecule has 3 aliphatic rings. The molecule has 2 nitrogen and oxygen atoms in total. The summed E-state index contributed by atoms with van der Waals surface area (Å²) in [5.41, 5.74) is 0. The molecule has 0 unspecified atom stereocenters. The van der Waals surface area contributed by atoms with E-state index in [4.69, 9.17) is 4.74 Å². The second-order valence-electron chi connectivity index (χ2n) is 5.93. The van der Waals surface area contributed by atoms with Gasteiger partial charge in [-0.3, -0.25) is 4.79 Å². The Hall–Kier alpha value is -0.790. The van der Waals surface area contributed by atoms with Gasteiger partial charge < -0.3 is 4.74 Å². The summed E-state index contributed by atoms with van der Waals surface area (Å²) in [6, 6.07) is 0. The molecule has 0 aromatic rings. The molecular weight excluding hydrogens is 200 g/mol. The topological polar surface area (TPSA) is 26.3 Å². The Labute approximate surface area is 97.1 Å². The van der Waals surface area contributed by atoms with E-state index < -0.39 is 0 Å². The lowest BCUT2D eigenvalue weighted by molar-refractivity contribution is -0.156. The summed E-state index contributed by atoms with van der Waals surface area (Å²) >= 11 is 0. The van der Waals surface area contributed by atoms with Crippen LogP contribution >= 0.6 is 0 Å². The molecule has 0 aromatic carbocycles. The van der Waals surface area contributed by atoms with Gasteiger partial charge in [-0.25, -0.2) is 0 Å². The van der Waals surface area contributed by atoms with Gasteiger partial charge in [-0.2, -0.15) is 0 Å². The Morgan fingerprint density at radius 1 is 1.31 bits per heavy atom. The van der Waals surface area contributed by atoms with Gasteiger partial charge in [-0.15, -0.1) is 0 Å². The second kappa shape index (κ2) is 3.61. The van der Waals surface area contributed by atoms with Crippen LogP contribution in [0.4, 0.5) is 0 Å². The number of hydrogen-bond acceptors (Lipinski definition) is 2. The van der Waals surface area contributed by atoms with Crippen molar-refractivity contribution in [3.05, 3.63) is 12.2 Å². The molecule has 88 valence electrons. The van der Waals surface area contributed by atoms with Crippen molar-refractivity contribution in [3.63, 3.8) is 0 Å². The van der Waals surface area contributed by atoms with Crippen molar-refractivity contribution in [3.8, 4) is 0 Å². The second-order valence-corrected chi connectivity index (χ2v) is 5.93. The van der Waals surface area contributed by atoms with E-state index in [1.54, 1.807) is 0 Å². The van der Waals surface area contributed by atoms with E-state index in [-0.39, 0.29) is 18.0 Å². The molecule has 0 radical (unpaired) electrons. The van der Waals surface area contributed by atoms with Gasteiger partial charge in [0.15, 0.2) is 0 Å². The molecule has 2 bridgehead atoms. The molecular formula is C14H20O2. The van der Waals surface area contributed by atoms with E-state index in [0.29, 0.717) is 5.92 Å². The van der Waals surface area contributed by atoms with E-state index in [9.17, 15) is 4.79 Å². The van der Waals surface area contributed by atoms with Crippen LogP contribution in [0.3, 0.4) is 0 Å². The van der Waals surface area contributed by atoms with Gasteiger partial charge in [-0.1, -0.05) is 26.0 Å². The lowest BCUT2D eigenvalue weighted by Gasteiger charge is -2.31. The SMILES string of the molecule is CC(C)C(=O)O[C@@H]1C[C@H]2C[C@H]1[C@H]1CC=C[C@@H]21. The van der Waals surface area contributed by atoms with Crippen LogP contribution in [-0.4, -0.2) is 12.1 Å². The quantitative estimate of drug-likeness (QED) is 0.528. The fraction of sp³-hybridized carbons (Fsp3) is 0.786. The largest absolute Gasteiger partial charge is 0.462 e. The maximum atomic E-state index is 11.6. The van der Waals surface area contributed by atoms with Crippen molar-refractivity contribution in [2.24, 2.45) is 29.6 Å². The number of hydrogen-bond donors (Lipinski definition) is 0. The molecule has 0 saturated heterocycles. The lowest BCUT2D eigenvalue weighted by atomic mass is 9.80. The Bertz CT molecular complexity index is 332. The third kappa shape index (κ3) is 1.42. The molecule has 3 aliphatic carbocycles. The van der Waals surface area contributed by atoms with Gasteiger partial charge in [0.2, 0.25) is 0 Å². The smallest absolute Gasteiger partial charge is 0.308 e. The van der Waals surface area contributed by atoms with Crippen LogP contribution in [0.15, 0.2) is 12.2 Å². The Morgan fingerprint density at radius 3 is 2.88 bits per heavy atom. The van der Waals surface area contributed by atoms with Crippen LogP contribution in [0.25, 0.3) is 0 Å². The molecule has 3 rings (SSSR count). The highest BCUT2D eigenvalue weighted by Crippen LogP contribution is 2.57. The molecule has 0 spiro atoms. The summed E-state index contributed by atoms with van der Waals surface area (Å²) in [5.74, 6) is 3.02. The Kier molecular flexibility index (Phi) is 2.34. The summed E-state index contributed by atoms with van der Waals surface area (Å²) in [6.45, 7) is 3.82. The zero-order chi connectivity index (χ0) is 11.3. The van der Waals surface area contributed by atoms with Crippen molar-refractivity contribution < 1.29 is 9.53 Å². The highest BCUT2D eigenvalue weighted by atomic mass is 16.5. The van der Waals surface area contributed by atoms with Crippen molar-refractivity contribution in [1.29, 1.82) is 0 Å². The average Bonchev–Trinajstić information content (AvgIpc) is 2.87. The van der Waals surface area contributed by atoms with Crippen LogP contribution in [0.2, 0.25) is 0 Å². The summed E-state index contributed by atoms with van der Waals surface area (Å²) in [7, 11) is 0. The van der Waals surface area contributed by atoms with E-state index in [1.165, 1.54) is 12.8 Å². The highest BCUT2D eigenvalue weighted by Gasteiger charge is 2.53. The maximum Gasteiger partial charge on any atom is 0.308 e. The fourth-order valence-electron chi connectivity index (χ4n) is 3.92. The number of ether oxygens (including phenoxy) is 1. The average molecular weight is 220 g/mol. The third-order valence-electron chi connectivity index (χ3n) is 4.68. The number of rotatable bonds is 2. The van der Waals surface area contributed by atoms with Crippen molar-refractivity contribution in [2.45, 2.75) is 39.2 Å². The van der Waals surface area contributed by atoms with Crippen LogP contribution in [0.1, 0.15) is 33.1 Å². The number of carbonyl (C=O) groups excluding carboxylic acids is 1. The van der Waals surface area contributed by atoms with Crippen LogP contribution < -0.4 is 0 Å². The predicted octanol–water partition coefficient (Wildman–Crippen LogP) is 2.79. The van der Waals surface area contributed by atoms with Gasteiger partial charge in [0.05, 0.1) is 5.92 Å². The van der Waals surface area contributed by atoms with Gasteiger partial charge in [0.25, 0.3) is 0 Å². The predicted molar refractivity (Wildman–Crippen MR) is 61.7 cm³/mol. The normalized spacial score (nSPS) is 44.1. The standard InChI is InChI=1S/C14H20O2/c1-8(2)14(15)16-13-7-9-6-12(13)11-5-3-4-10(9)11/h3-4,8-13H,5-7H2,1-2H3/t9-,10+,11+,12+,13-/m1/s1. The fourth-order valence-corrected chi connectivity index (χ4v) is 3.92. The van der Waals surface area contributed by atoms with Gasteiger partial charge in [-0.05, 0) is 42.9 Å². The van der Waals surface area contributed by atoms with E-state index in [0.717, 1.165) is 24.2 Å². The number of allylic oxidation sites excluding steroid dienone is 2. The minimum atomic E-state index is -0.0138. The summed E-state index contributed by atoms with van der Waals surface area (Å²) in [4.78, 5) is 11.6. The first-order valence-corrected chi connectivity index (χ1v) is 6.54. The van der Waals surface area contributed by atoms with Crippen LogP contribution in [-0.2, 0) is 9.53 Å². The van der Waals surface area contributed by atoms with Gasteiger partial charge >= 0.3 is 5.97 Å². The first-order chi connectivity index (χ1) is 7.66. The third-order valence-corrected chi connectivity index (χ3v) is 4.68. The van der Waals surface area contributed by atoms with Crippen molar-refractivity contribution in [2.75, 3.05) is 0 Å². The van der Waals surface area contributed by atoms with Gasteiger partial charge in [0, 0.05) is 0 Å². The van der Waals surface area contributed by atoms with Crippen molar-refractivity contribution in [1.82, 2.24) is 0 Å². The number of fused-ring (bicyclic) bond motifs is 5. The molecule has 16 heavy (non-hydrogen) atoms. The first-order valence-electron chi connectivity index (χ1n) is 6.54. The van der Waals surface area contributed by atoms with E-state index >= 15 is 0 Å². The summed E-state index contributed by atoms with van der Waals surface area (Å²) in [5, 5.41) is 0. The minimum Gasteiger partial charge on any atom is -0.462 e. The molecule has 0 aromatic heterocycles.